The summed E-state index contributed by atoms with van der Waals surface area (Å²) in [5.41, 5.74) is 1.59. The summed E-state index contributed by atoms with van der Waals surface area (Å²) in [6.07, 6.45) is 3.12. The zero-order valence-electron chi connectivity index (χ0n) is 13.3. The van der Waals surface area contributed by atoms with Crippen LogP contribution in [0.25, 0.3) is 6.08 Å². The first-order valence-corrected chi connectivity index (χ1v) is 8.10. The Balaban J connectivity index is 1.95. The molecule has 0 radical (unpaired) electrons. The van der Waals surface area contributed by atoms with Crippen LogP contribution in [0, 0.1) is 0 Å². The van der Waals surface area contributed by atoms with E-state index in [0.29, 0.717) is 5.56 Å². The third-order valence-corrected chi connectivity index (χ3v) is 3.68. The Labute approximate surface area is 152 Å². The molecule has 0 saturated carbocycles. The van der Waals surface area contributed by atoms with E-state index in [1.165, 1.54) is 25.3 Å². The normalized spacial score (nSPS) is 10.9. The van der Waals surface area contributed by atoms with Gasteiger partial charge in [-0.3, -0.25) is 4.79 Å². The maximum absolute atomic E-state index is 12.3. The lowest BCUT2D eigenvalue weighted by molar-refractivity contribution is -0.116. The first kappa shape index (κ1) is 18.9. The molecule has 2 aromatic rings. The van der Waals surface area contributed by atoms with Crippen LogP contribution in [0.15, 0.2) is 53.0 Å². The Morgan fingerprint density at radius 2 is 2.04 bits per heavy atom. The minimum absolute atomic E-state index is 0.0536. The number of carbonyl (C=O) groups excluding carboxylic acids is 1. The van der Waals surface area contributed by atoms with Crippen molar-refractivity contribution in [2.75, 3.05) is 7.11 Å². The van der Waals surface area contributed by atoms with Crippen LogP contribution in [-0.4, -0.2) is 19.6 Å². The number of hydrogen-bond donors (Lipinski definition) is 1. The number of rotatable bonds is 7. The van der Waals surface area contributed by atoms with E-state index in [2.05, 4.69) is 26.0 Å². The Kier molecular flexibility index (Phi) is 6.94. The molecule has 25 heavy (non-hydrogen) atoms. The molecule has 4 nitrogen and oxygen atoms in total. The molecule has 0 heterocycles. The molecule has 1 N–H and O–H groups in total. The van der Waals surface area contributed by atoms with Crippen LogP contribution in [0.3, 0.4) is 0 Å². The second kappa shape index (κ2) is 9.17. The first-order chi connectivity index (χ1) is 12.0. The molecular formula is C18H16BrF2NO3. The summed E-state index contributed by atoms with van der Waals surface area (Å²) in [4.78, 5) is 11.9. The minimum atomic E-state index is -2.93. The van der Waals surface area contributed by atoms with Crippen LogP contribution in [0.5, 0.6) is 11.5 Å². The fraction of sp³-hybridized carbons (Fsp3) is 0.167. The van der Waals surface area contributed by atoms with E-state index in [1.807, 2.05) is 24.3 Å². The van der Waals surface area contributed by atoms with Crippen LogP contribution < -0.4 is 14.8 Å². The number of hydrogen-bond acceptors (Lipinski definition) is 3. The van der Waals surface area contributed by atoms with Gasteiger partial charge in [0.05, 0.1) is 7.11 Å². The van der Waals surface area contributed by atoms with E-state index in [9.17, 15) is 13.6 Å². The van der Waals surface area contributed by atoms with Gasteiger partial charge in [-0.2, -0.15) is 8.78 Å². The summed E-state index contributed by atoms with van der Waals surface area (Å²) in [7, 11) is 1.36. The fourth-order valence-electron chi connectivity index (χ4n) is 2.05. The van der Waals surface area contributed by atoms with E-state index < -0.39 is 6.61 Å². The zero-order chi connectivity index (χ0) is 18.2. The number of methoxy groups -OCH3 is 1. The number of nitrogens with one attached hydrogen (secondary N) is 1. The monoisotopic (exact) mass is 411 g/mol. The highest BCUT2D eigenvalue weighted by atomic mass is 79.9. The predicted molar refractivity (Wildman–Crippen MR) is 94.6 cm³/mol. The number of amides is 1. The molecular weight excluding hydrogens is 396 g/mol. The van der Waals surface area contributed by atoms with Crippen molar-refractivity contribution in [1.82, 2.24) is 5.32 Å². The summed E-state index contributed by atoms with van der Waals surface area (Å²) in [5, 5.41) is 2.71. The fourth-order valence-corrected chi connectivity index (χ4v) is 2.46. The SMILES string of the molecule is COc1cc(CNC(=O)/C=C/c2cccc(Br)c2)ccc1OC(F)F. The van der Waals surface area contributed by atoms with Crippen molar-refractivity contribution in [3.8, 4) is 11.5 Å². The highest BCUT2D eigenvalue weighted by molar-refractivity contribution is 9.10. The molecule has 0 bridgehead atoms. The van der Waals surface area contributed by atoms with Crippen LogP contribution >= 0.6 is 15.9 Å². The molecule has 0 aliphatic carbocycles. The smallest absolute Gasteiger partial charge is 0.387 e. The minimum Gasteiger partial charge on any atom is -0.493 e. The number of ether oxygens (including phenoxy) is 2. The molecule has 0 fully saturated rings. The van der Waals surface area contributed by atoms with Crippen molar-refractivity contribution >= 4 is 27.9 Å². The van der Waals surface area contributed by atoms with Crippen LogP contribution in [0.2, 0.25) is 0 Å². The van der Waals surface area contributed by atoms with Gasteiger partial charge >= 0.3 is 6.61 Å². The topological polar surface area (TPSA) is 47.6 Å². The average Bonchev–Trinajstić information content (AvgIpc) is 2.58. The van der Waals surface area contributed by atoms with Crippen molar-refractivity contribution in [2.45, 2.75) is 13.2 Å². The maximum atomic E-state index is 12.3. The Hall–Kier alpha value is -2.41. The Morgan fingerprint density at radius 1 is 1.24 bits per heavy atom. The number of benzene rings is 2. The molecule has 0 aromatic heterocycles. The summed E-state index contributed by atoms with van der Waals surface area (Å²) in [6, 6.07) is 12.0. The first-order valence-electron chi connectivity index (χ1n) is 7.31. The van der Waals surface area contributed by atoms with E-state index in [1.54, 1.807) is 12.1 Å². The van der Waals surface area contributed by atoms with Gasteiger partial charge in [-0.1, -0.05) is 34.1 Å². The largest absolute Gasteiger partial charge is 0.493 e. The summed E-state index contributed by atoms with van der Waals surface area (Å²) >= 11 is 3.36. The molecule has 7 heteroatoms. The predicted octanol–water partition coefficient (Wildman–Crippen LogP) is 4.39. The highest BCUT2D eigenvalue weighted by Gasteiger charge is 2.11. The Bertz CT molecular complexity index is 766. The molecule has 0 aliphatic rings. The van der Waals surface area contributed by atoms with E-state index in [-0.39, 0.29) is 24.0 Å². The van der Waals surface area contributed by atoms with Crippen molar-refractivity contribution < 1.29 is 23.0 Å². The van der Waals surface area contributed by atoms with Gasteiger partial charge in [-0.05, 0) is 41.5 Å². The molecule has 2 aromatic carbocycles. The van der Waals surface area contributed by atoms with Gasteiger partial charge in [0.25, 0.3) is 0 Å². The van der Waals surface area contributed by atoms with E-state index in [4.69, 9.17) is 4.74 Å². The molecule has 0 saturated heterocycles. The molecule has 0 unspecified atom stereocenters. The van der Waals surface area contributed by atoms with Gasteiger partial charge in [-0.15, -0.1) is 0 Å². The molecule has 1 amide bonds. The van der Waals surface area contributed by atoms with Gasteiger partial charge in [0, 0.05) is 17.1 Å². The molecule has 132 valence electrons. The van der Waals surface area contributed by atoms with Gasteiger partial charge < -0.3 is 14.8 Å². The second-order valence-electron chi connectivity index (χ2n) is 4.97. The van der Waals surface area contributed by atoms with Crippen LogP contribution in [0.1, 0.15) is 11.1 Å². The summed E-state index contributed by atoms with van der Waals surface area (Å²) in [6.45, 7) is -2.70. The summed E-state index contributed by atoms with van der Waals surface area (Å²) in [5.74, 6) is -0.147. The van der Waals surface area contributed by atoms with E-state index >= 15 is 0 Å². The van der Waals surface area contributed by atoms with Crippen molar-refractivity contribution in [2.24, 2.45) is 0 Å². The number of alkyl halides is 2. The lowest BCUT2D eigenvalue weighted by atomic mass is 10.2. The average molecular weight is 412 g/mol. The highest BCUT2D eigenvalue weighted by Crippen LogP contribution is 2.29. The summed E-state index contributed by atoms with van der Waals surface area (Å²) < 4.78 is 34.9. The number of carbonyl (C=O) groups is 1. The zero-order valence-corrected chi connectivity index (χ0v) is 14.9. The quantitative estimate of drug-likeness (QED) is 0.687. The lowest BCUT2D eigenvalue weighted by Crippen LogP contribution is -2.20. The molecule has 2 rings (SSSR count). The van der Waals surface area contributed by atoms with Gasteiger partial charge in [0.15, 0.2) is 11.5 Å². The van der Waals surface area contributed by atoms with Gasteiger partial charge in [0.1, 0.15) is 0 Å². The van der Waals surface area contributed by atoms with Gasteiger partial charge in [-0.25, -0.2) is 0 Å². The molecule has 0 aliphatic heterocycles. The van der Waals surface area contributed by atoms with Crippen molar-refractivity contribution in [1.29, 1.82) is 0 Å². The van der Waals surface area contributed by atoms with E-state index in [0.717, 1.165) is 10.0 Å². The second-order valence-corrected chi connectivity index (χ2v) is 5.89. The molecule has 0 spiro atoms. The maximum Gasteiger partial charge on any atom is 0.387 e. The van der Waals surface area contributed by atoms with Crippen LogP contribution in [-0.2, 0) is 11.3 Å². The lowest BCUT2D eigenvalue weighted by Gasteiger charge is -2.11. The standard InChI is InChI=1S/C18H16BrF2NO3/c1-24-16-10-13(5-7-15(16)25-18(20)21)11-22-17(23)8-6-12-3-2-4-14(19)9-12/h2-10,18H,11H2,1H3,(H,22,23)/b8-6+. The number of halogens is 3. The van der Waals surface area contributed by atoms with Crippen molar-refractivity contribution in [3.05, 3.63) is 64.1 Å². The van der Waals surface area contributed by atoms with Crippen molar-refractivity contribution in [3.63, 3.8) is 0 Å². The molecule has 0 atom stereocenters. The third kappa shape index (κ3) is 6.19. The third-order valence-electron chi connectivity index (χ3n) is 3.19. The van der Waals surface area contributed by atoms with Gasteiger partial charge in [0.2, 0.25) is 5.91 Å². The van der Waals surface area contributed by atoms with Crippen LogP contribution in [0.4, 0.5) is 8.78 Å². The Morgan fingerprint density at radius 3 is 2.72 bits per heavy atom.